The lowest BCUT2D eigenvalue weighted by atomic mass is 10.0. The molecule has 3 heterocycles. The van der Waals surface area contributed by atoms with Gasteiger partial charge in [-0.3, -0.25) is 0 Å². The van der Waals surface area contributed by atoms with Gasteiger partial charge in [-0.1, -0.05) is 51.1 Å². The topological polar surface area (TPSA) is 77.8 Å². The van der Waals surface area contributed by atoms with Gasteiger partial charge in [0.2, 0.25) is 11.8 Å². The van der Waals surface area contributed by atoms with Crippen LogP contribution in [0.3, 0.4) is 0 Å². The molecule has 4 aromatic rings. The Morgan fingerprint density at radius 3 is 2.39 bits per heavy atom. The lowest BCUT2D eigenvalue weighted by molar-refractivity contribution is 0.563. The van der Waals surface area contributed by atoms with Crippen LogP contribution < -0.4 is 0 Å². The van der Waals surface area contributed by atoms with Gasteiger partial charge in [-0.15, -0.1) is 10.2 Å². The van der Waals surface area contributed by atoms with Crippen molar-refractivity contribution in [2.45, 2.75) is 39.5 Å². The van der Waals surface area contributed by atoms with Gasteiger partial charge in [0.05, 0.1) is 11.4 Å². The van der Waals surface area contributed by atoms with Crippen molar-refractivity contribution in [3.63, 3.8) is 0 Å². The molecule has 6 heteroatoms. The molecule has 142 valence electrons. The average molecular weight is 374 g/mol. The monoisotopic (exact) mass is 374 g/mol. The molecule has 0 aliphatic carbocycles. The molecule has 0 unspecified atom stereocenters. The molecule has 3 aromatic heterocycles. The number of hydrogen-bond donors (Lipinski definition) is 0. The van der Waals surface area contributed by atoms with Crippen molar-refractivity contribution in [3.8, 4) is 23.2 Å². The second kappa shape index (κ2) is 7.76. The van der Waals surface area contributed by atoms with Gasteiger partial charge in [0.15, 0.2) is 5.69 Å². The lowest BCUT2D eigenvalue weighted by Crippen LogP contribution is -2.00. The molecule has 0 bridgehead atoms. The van der Waals surface area contributed by atoms with E-state index in [0.29, 0.717) is 29.6 Å². The summed E-state index contributed by atoms with van der Waals surface area (Å²) < 4.78 is 11.3. The van der Waals surface area contributed by atoms with Crippen molar-refractivity contribution in [1.82, 2.24) is 20.2 Å². The van der Waals surface area contributed by atoms with E-state index in [9.17, 15) is 0 Å². The molecular weight excluding hydrogens is 352 g/mol. The summed E-state index contributed by atoms with van der Waals surface area (Å²) in [6.45, 7) is 6.19. The summed E-state index contributed by atoms with van der Waals surface area (Å²) in [5.74, 6) is 1.24. The van der Waals surface area contributed by atoms with Crippen LogP contribution in [-0.4, -0.2) is 20.2 Å². The van der Waals surface area contributed by atoms with Gasteiger partial charge in [0.1, 0.15) is 18.2 Å². The second-order valence-electron chi connectivity index (χ2n) is 7.00. The van der Waals surface area contributed by atoms with E-state index >= 15 is 0 Å². The van der Waals surface area contributed by atoms with Crippen LogP contribution in [0, 0.1) is 0 Å². The zero-order valence-corrected chi connectivity index (χ0v) is 16.2. The van der Waals surface area contributed by atoms with E-state index < -0.39 is 0 Å². The van der Waals surface area contributed by atoms with Gasteiger partial charge in [-0.25, -0.2) is 9.97 Å². The minimum Gasteiger partial charge on any atom is -0.443 e. The van der Waals surface area contributed by atoms with Crippen LogP contribution in [0.25, 0.3) is 23.2 Å². The molecule has 0 aliphatic rings. The van der Waals surface area contributed by atoms with E-state index in [4.69, 9.17) is 8.83 Å². The van der Waals surface area contributed by atoms with E-state index in [0.717, 1.165) is 23.4 Å². The number of hydrogen-bond acceptors (Lipinski definition) is 6. The number of nitrogens with zero attached hydrogens (tertiary/aromatic N) is 4. The number of benzene rings is 1. The zero-order chi connectivity index (χ0) is 19.5. The van der Waals surface area contributed by atoms with Crippen molar-refractivity contribution in [2.24, 2.45) is 0 Å². The third-order valence-corrected chi connectivity index (χ3v) is 4.56. The summed E-state index contributed by atoms with van der Waals surface area (Å²) in [6.07, 6.45) is 4.83. The Morgan fingerprint density at radius 1 is 0.929 bits per heavy atom. The average Bonchev–Trinajstić information content (AvgIpc) is 3.39. The number of rotatable bonds is 6. The summed E-state index contributed by atoms with van der Waals surface area (Å²) in [7, 11) is 0. The molecule has 0 amide bonds. The van der Waals surface area contributed by atoms with Crippen LogP contribution in [0.1, 0.15) is 49.2 Å². The molecule has 4 rings (SSSR count). The van der Waals surface area contributed by atoms with Crippen molar-refractivity contribution in [3.05, 3.63) is 71.4 Å². The second-order valence-corrected chi connectivity index (χ2v) is 7.00. The minimum atomic E-state index is 0.285. The van der Waals surface area contributed by atoms with Gasteiger partial charge in [-0.2, -0.15) is 0 Å². The highest BCUT2D eigenvalue weighted by atomic mass is 16.3. The number of aryl methyl sites for hydroxylation is 1. The summed E-state index contributed by atoms with van der Waals surface area (Å²) in [6, 6.07) is 12.2. The van der Waals surface area contributed by atoms with Crippen LogP contribution in [0.15, 0.2) is 57.8 Å². The first kappa shape index (κ1) is 18.1. The predicted molar refractivity (Wildman–Crippen MR) is 106 cm³/mol. The quantitative estimate of drug-likeness (QED) is 0.469. The van der Waals surface area contributed by atoms with E-state index in [1.54, 1.807) is 12.5 Å². The Balaban J connectivity index is 1.77. The summed E-state index contributed by atoms with van der Waals surface area (Å²) >= 11 is 0. The van der Waals surface area contributed by atoms with E-state index in [2.05, 4.69) is 46.1 Å². The first-order valence-electron chi connectivity index (χ1n) is 9.45. The fourth-order valence-corrected chi connectivity index (χ4v) is 2.91. The van der Waals surface area contributed by atoms with Crippen molar-refractivity contribution in [2.75, 3.05) is 0 Å². The van der Waals surface area contributed by atoms with Gasteiger partial charge in [0, 0.05) is 0 Å². The smallest absolute Gasteiger partial charge is 0.247 e. The highest BCUT2D eigenvalue weighted by molar-refractivity contribution is 5.59. The van der Waals surface area contributed by atoms with E-state index in [1.807, 2.05) is 31.2 Å². The van der Waals surface area contributed by atoms with Crippen LogP contribution in [0.5, 0.6) is 0 Å². The van der Waals surface area contributed by atoms with Gasteiger partial charge >= 0.3 is 0 Å². The summed E-state index contributed by atoms with van der Waals surface area (Å²) in [5.41, 5.74) is 5.16. The Labute approximate surface area is 163 Å². The maximum atomic E-state index is 5.65. The molecule has 0 fully saturated rings. The molecule has 0 radical (unpaired) electrons. The Morgan fingerprint density at radius 2 is 1.71 bits per heavy atom. The molecular formula is C22H22N4O2. The molecule has 28 heavy (non-hydrogen) atoms. The van der Waals surface area contributed by atoms with Crippen LogP contribution in [-0.2, 0) is 12.8 Å². The normalized spacial score (nSPS) is 11.3. The van der Waals surface area contributed by atoms with Crippen LogP contribution in [0.4, 0.5) is 0 Å². The zero-order valence-electron chi connectivity index (χ0n) is 16.2. The maximum absolute atomic E-state index is 5.65. The fraction of sp³-hybridized carbons (Fsp3) is 0.273. The highest BCUT2D eigenvalue weighted by Gasteiger charge is 2.18. The molecule has 0 aliphatic heterocycles. The van der Waals surface area contributed by atoms with E-state index in [1.165, 1.54) is 5.56 Å². The SMILES string of the molecule is CCc1coc(-c2nnc(-c3nc(C(C)C)co3)cc2Cc2ccccc2)n1. The Hall–Kier alpha value is -3.28. The molecule has 1 aromatic carbocycles. The first-order valence-corrected chi connectivity index (χ1v) is 9.45. The van der Waals surface area contributed by atoms with Gasteiger partial charge in [0.25, 0.3) is 0 Å². The van der Waals surface area contributed by atoms with Crippen LogP contribution in [0.2, 0.25) is 0 Å². The minimum absolute atomic E-state index is 0.285. The van der Waals surface area contributed by atoms with Crippen LogP contribution >= 0.6 is 0 Å². The first-order chi connectivity index (χ1) is 13.6. The molecule has 0 atom stereocenters. The molecule has 0 saturated heterocycles. The van der Waals surface area contributed by atoms with E-state index in [-0.39, 0.29) is 5.92 Å². The summed E-state index contributed by atoms with van der Waals surface area (Å²) in [5, 5.41) is 8.75. The molecule has 0 spiro atoms. The Kier molecular flexibility index (Phi) is 5.02. The molecule has 0 saturated carbocycles. The molecule has 6 nitrogen and oxygen atoms in total. The third kappa shape index (κ3) is 3.71. The maximum Gasteiger partial charge on any atom is 0.247 e. The van der Waals surface area contributed by atoms with Gasteiger partial charge < -0.3 is 8.83 Å². The lowest BCUT2D eigenvalue weighted by Gasteiger charge is -2.07. The number of oxazole rings is 2. The predicted octanol–water partition coefficient (Wildman–Crippen LogP) is 5.06. The van der Waals surface area contributed by atoms with Crippen molar-refractivity contribution >= 4 is 0 Å². The highest BCUT2D eigenvalue weighted by Crippen LogP contribution is 2.27. The third-order valence-electron chi connectivity index (χ3n) is 4.56. The largest absolute Gasteiger partial charge is 0.443 e. The van der Waals surface area contributed by atoms with Crippen molar-refractivity contribution < 1.29 is 8.83 Å². The van der Waals surface area contributed by atoms with Crippen molar-refractivity contribution in [1.29, 1.82) is 0 Å². The standard InChI is InChI=1S/C22H22N4O2/c1-4-17-12-27-22(23-17)20-16(10-15-8-6-5-7-9-15)11-18(25-26-20)21-24-19(13-28-21)14(2)3/h5-9,11-14H,4,10H2,1-3H3. The fourth-order valence-electron chi connectivity index (χ4n) is 2.91. The Bertz CT molecular complexity index is 1070. The van der Waals surface area contributed by atoms with Gasteiger partial charge in [-0.05, 0) is 36.0 Å². The number of aromatic nitrogens is 4. The molecule has 0 N–H and O–H groups in total. The summed E-state index contributed by atoms with van der Waals surface area (Å²) in [4.78, 5) is 9.06.